The first-order chi connectivity index (χ1) is 12.7. The van der Waals surface area contributed by atoms with E-state index >= 15 is 0 Å². The van der Waals surface area contributed by atoms with Crippen LogP contribution >= 0.6 is 11.8 Å². The molecule has 0 aliphatic carbocycles. The third kappa shape index (κ3) is 6.17. The summed E-state index contributed by atoms with van der Waals surface area (Å²) in [6, 6.07) is 14.9. The molecule has 0 saturated carbocycles. The molecule has 0 atom stereocenters. The van der Waals surface area contributed by atoms with Crippen molar-refractivity contribution in [2.75, 3.05) is 25.7 Å². The molecule has 2 rings (SSSR count). The molecular formula is C22H31O2S2+. The van der Waals surface area contributed by atoms with Gasteiger partial charge in [0.15, 0.2) is 4.90 Å². The zero-order chi connectivity index (χ0) is 18.8. The van der Waals surface area contributed by atoms with Crippen LogP contribution < -0.4 is 9.47 Å². The number of unbranched alkanes of at least 4 members (excludes halogenated alkanes) is 2. The second-order valence-electron chi connectivity index (χ2n) is 6.20. The Morgan fingerprint density at radius 3 is 1.92 bits per heavy atom. The lowest BCUT2D eigenvalue weighted by Crippen LogP contribution is -2.14. The van der Waals surface area contributed by atoms with Crippen molar-refractivity contribution in [2.45, 2.75) is 54.2 Å². The highest BCUT2D eigenvalue weighted by Crippen LogP contribution is 2.37. The molecule has 0 radical (unpaired) electrons. The van der Waals surface area contributed by atoms with Gasteiger partial charge in [-0.1, -0.05) is 38.5 Å². The maximum atomic E-state index is 5.53. The Balaban J connectivity index is 2.30. The molecule has 0 aliphatic rings. The van der Waals surface area contributed by atoms with Gasteiger partial charge in [-0.3, -0.25) is 0 Å². The minimum Gasteiger partial charge on any atom is -0.497 e. The smallest absolute Gasteiger partial charge is 0.172 e. The molecule has 0 spiro atoms. The van der Waals surface area contributed by atoms with E-state index in [2.05, 4.69) is 44.2 Å². The molecule has 0 saturated heterocycles. The van der Waals surface area contributed by atoms with Gasteiger partial charge in [-0.05, 0) is 49.2 Å². The maximum Gasteiger partial charge on any atom is 0.172 e. The summed E-state index contributed by atoms with van der Waals surface area (Å²) >= 11 is 1.84. The van der Waals surface area contributed by atoms with E-state index < -0.39 is 0 Å². The van der Waals surface area contributed by atoms with Crippen LogP contribution in [0.3, 0.4) is 0 Å². The van der Waals surface area contributed by atoms with Gasteiger partial charge in [0.05, 0.1) is 19.1 Å². The zero-order valence-electron chi connectivity index (χ0n) is 16.4. The molecule has 2 nitrogen and oxygen atoms in total. The minimum absolute atomic E-state index is 0.284. The molecule has 0 heterocycles. The van der Waals surface area contributed by atoms with Gasteiger partial charge in [0, 0.05) is 21.9 Å². The van der Waals surface area contributed by atoms with Gasteiger partial charge in [-0.15, -0.1) is 0 Å². The van der Waals surface area contributed by atoms with Crippen LogP contribution in [-0.2, 0) is 10.9 Å². The summed E-state index contributed by atoms with van der Waals surface area (Å²) in [7, 11) is 3.74. The lowest BCUT2D eigenvalue weighted by atomic mass is 10.3. The molecule has 0 aliphatic heterocycles. The van der Waals surface area contributed by atoms with E-state index in [1.165, 1.54) is 51.9 Å². The van der Waals surface area contributed by atoms with E-state index in [0.717, 1.165) is 11.5 Å². The van der Waals surface area contributed by atoms with E-state index in [1.54, 1.807) is 14.2 Å². The van der Waals surface area contributed by atoms with Crippen molar-refractivity contribution in [3.63, 3.8) is 0 Å². The molecule has 142 valence electrons. The van der Waals surface area contributed by atoms with Crippen LogP contribution in [0.25, 0.3) is 0 Å². The highest BCUT2D eigenvalue weighted by atomic mass is 32.2. The molecular weight excluding hydrogens is 360 g/mol. The van der Waals surface area contributed by atoms with Crippen molar-refractivity contribution in [3.8, 4) is 11.5 Å². The predicted octanol–water partition coefficient (Wildman–Crippen LogP) is 6.43. The van der Waals surface area contributed by atoms with Crippen molar-refractivity contribution in [1.82, 2.24) is 0 Å². The molecule has 0 fully saturated rings. The van der Waals surface area contributed by atoms with Crippen LogP contribution in [-0.4, -0.2) is 25.7 Å². The molecule has 26 heavy (non-hydrogen) atoms. The van der Waals surface area contributed by atoms with Crippen molar-refractivity contribution in [2.24, 2.45) is 0 Å². The molecule has 4 heteroatoms. The normalized spacial score (nSPS) is 11.0. The summed E-state index contributed by atoms with van der Waals surface area (Å²) in [6.07, 6.45) is 5.08. The average molecular weight is 392 g/mol. The van der Waals surface area contributed by atoms with Crippen molar-refractivity contribution in [3.05, 3.63) is 42.5 Å². The first-order valence-electron chi connectivity index (χ1n) is 9.39. The number of methoxy groups -OCH3 is 2. The van der Waals surface area contributed by atoms with E-state index in [0.29, 0.717) is 0 Å². The van der Waals surface area contributed by atoms with Gasteiger partial charge >= 0.3 is 0 Å². The summed E-state index contributed by atoms with van der Waals surface area (Å²) in [5.41, 5.74) is 0. The molecule has 2 aromatic rings. The number of rotatable bonds is 11. The van der Waals surface area contributed by atoms with Crippen LogP contribution in [0.5, 0.6) is 11.5 Å². The summed E-state index contributed by atoms with van der Waals surface area (Å²) in [5, 5.41) is 0. The molecule has 0 unspecified atom stereocenters. The number of benzene rings is 2. The van der Waals surface area contributed by atoms with Crippen LogP contribution in [0.15, 0.2) is 57.2 Å². The van der Waals surface area contributed by atoms with Crippen LogP contribution in [0, 0.1) is 0 Å². The summed E-state index contributed by atoms with van der Waals surface area (Å²) < 4.78 is 10.8. The van der Waals surface area contributed by atoms with Gasteiger partial charge < -0.3 is 9.47 Å². The first-order valence-corrected chi connectivity index (χ1v) is 11.8. The Morgan fingerprint density at radius 2 is 1.38 bits per heavy atom. The lowest BCUT2D eigenvalue weighted by molar-refractivity contribution is 0.413. The lowest BCUT2D eigenvalue weighted by Gasteiger charge is -2.13. The second kappa shape index (κ2) is 11.5. The molecule has 2 aromatic carbocycles. The Kier molecular flexibility index (Phi) is 9.27. The highest BCUT2D eigenvalue weighted by molar-refractivity contribution is 8.01. The monoisotopic (exact) mass is 391 g/mol. The Hall–Kier alpha value is -1.26. The Labute approximate surface area is 166 Å². The maximum absolute atomic E-state index is 5.53. The van der Waals surface area contributed by atoms with Crippen LogP contribution in [0.2, 0.25) is 0 Å². The van der Waals surface area contributed by atoms with Gasteiger partial charge in [0.25, 0.3) is 0 Å². The number of hydrogen-bond donors (Lipinski definition) is 0. The fourth-order valence-electron chi connectivity index (χ4n) is 2.66. The van der Waals surface area contributed by atoms with Crippen LogP contribution in [0.1, 0.15) is 39.5 Å². The van der Waals surface area contributed by atoms with E-state index in [1.807, 2.05) is 23.9 Å². The van der Waals surface area contributed by atoms with Crippen molar-refractivity contribution < 1.29 is 9.47 Å². The second-order valence-corrected chi connectivity index (χ2v) is 9.56. The summed E-state index contributed by atoms with van der Waals surface area (Å²) in [6.45, 7) is 4.56. The fourth-order valence-corrected chi connectivity index (χ4v) is 6.51. The molecule has 0 aromatic heterocycles. The summed E-state index contributed by atoms with van der Waals surface area (Å²) in [5.74, 6) is 4.42. The van der Waals surface area contributed by atoms with E-state index in [9.17, 15) is 0 Å². The van der Waals surface area contributed by atoms with Gasteiger partial charge in [0.2, 0.25) is 0 Å². The fraction of sp³-hybridized carbons (Fsp3) is 0.455. The third-order valence-electron chi connectivity index (χ3n) is 4.24. The molecule has 0 N–H and O–H groups in total. The van der Waals surface area contributed by atoms with Gasteiger partial charge in [0.1, 0.15) is 23.0 Å². The van der Waals surface area contributed by atoms with Gasteiger partial charge in [-0.2, -0.15) is 0 Å². The minimum atomic E-state index is 0.284. The quantitative estimate of drug-likeness (QED) is 0.411. The Bertz CT molecular complexity index is 648. The third-order valence-corrected chi connectivity index (χ3v) is 7.97. The predicted molar refractivity (Wildman–Crippen MR) is 115 cm³/mol. The molecule has 0 amide bonds. The van der Waals surface area contributed by atoms with E-state index in [-0.39, 0.29) is 10.9 Å². The average Bonchev–Trinajstić information content (AvgIpc) is 2.69. The van der Waals surface area contributed by atoms with Crippen LogP contribution in [0.4, 0.5) is 0 Å². The van der Waals surface area contributed by atoms with E-state index in [4.69, 9.17) is 9.47 Å². The topological polar surface area (TPSA) is 18.5 Å². The first kappa shape index (κ1) is 21.0. The highest BCUT2D eigenvalue weighted by Gasteiger charge is 2.25. The number of hydrogen-bond acceptors (Lipinski definition) is 3. The SMILES string of the molecule is CCCC[S+](CCCC)c1cc(OC)ccc1Sc1ccc(OC)cc1. The largest absolute Gasteiger partial charge is 0.497 e. The van der Waals surface area contributed by atoms with Crippen molar-refractivity contribution >= 4 is 22.7 Å². The number of ether oxygens (including phenoxy) is 2. The molecule has 0 bridgehead atoms. The van der Waals surface area contributed by atoms with Gasteiger partial charge in [-0.25, -0.2) is 0 Å². The summed E-state index contributed by atoms with van der Waals surface area (Å²) in [4.78, 5) is 4.06. The van der Waals surface area contributed by atoms with Crippen molar-refractivity contribution in [1.29, 1.82) is 0 Å². The standard InChI is InChI=1S/C22H31O2S2/c1-5-7-15-26(16-8-6-2)22-17-19(24-4)11-14-21(22)25-20-12-9-18(23-3)10-13-20/h9-14,17H,5-8,15-16H2,1-4H3/q+1. The Morgan fingerprint density at radius 1 is 0.808 bits per heavy atom. The zero-order valence-corrected chi connectivity index (χ0v) is 18.1.